The van der Waals surface area contributed by atoms with E-state index in [1.54, 1.807) is 18.7 Å². The van der Waals surface area contributed by atoms with Gasteiger partial charge in [-0.1, -0.05) is 251 Å². The van der Waals surface area contributed by atoms with E-state index in [1.165, 1.54) is 259 Å². The Bertz CT molecular complexity index is 448. The monoisotopic (exact) mass is 684 g/mol. The lowest BCUT2D eigenvalue weighted by molar-refractivity contribution is 0.523. The lowest BCUT2D eigenvalue weighted by atomic mass is 10.0. The zero-order chi connectivity index (χ0) is 33.1. The summed E-state index contributed by atoms with van der Waals surface area (Å²) >= 11 is 0. The zero-order valence-corrected chi connectivity index (χ0v) is 34.9. The lowest BCUT2D eigenvalue weighted by Crippen LogP contribution is -1.85. The van der Waals surface area contributed by atoms with Crippen LogP contribution in [0.15, 0.2) is 0 Å². The molecule has 0 nitrogen and oxygen atoms in total. The Morgan fingerprint density at radius 3 is 0.674 bits per heavy atom. The molecule has 0 rings (SSSR count). The molecule has 0 N–H and O–H groups in total. The molecule has 2 atom stereocenters. The van der Waals surface area contributed by atoms with Crippen molar-refractivity contribution in [2.75, 3.05) is 12.3 Å². The smallest absolute Gasteiger partial charge is 0.0569 e. The van der Waals surface area contributed by atoms with Gasteiger partial charge in [-0.15, -0.1) is 0 Å². The van der Waals surface area contributed by atoms with Gasteiger partial charge in [-0.3, -0.25) is 0 Å². The maximum Gasteiger partial charge on any atom is 0.0569 e. The Morgan fingerprint density at radius 2 is 0.435 bits per heavy atom. The fourth-order valence-electron chi connectivity index (χ4n) is 7.19. The van der Waals surface area contributed by atoms with Crippen LogP contribution in [0.3, 0.4) is 0 Å². The van der Waals surface area contributed by atoms with Crippen molar-refractivity contribution in [1.82, 2.24) is 0 Å². The Labute approximate surface area is 298 Å². The Hall–Kier alpha value is 0.860. The fourth-order valence-corrected chi connectivity index (χ4v) is 11.0. The molecule has 0 fully saturated rings. The maximum absolute atomic E-state index is 2.31. The van der Waals surface area contributed by atoms with Crippen LogP contribution in [-0.4, -0.2) is 12.3 Å². The first-order valence-electron chi connectivity index (χ1n) is 22.5. The molecule has 0 radical (unpaired) electrons. The van der Waals surface area contributed by atoms with Crippen molar-refractivity contribution in [2.24, 2.45) is 0 Å². The van der Waals surface area contributed by atoms with Crippen LogP contribution >= 0.6 is 16.5 Å². The fraction of sp³-hybridized carbons (Fsp3) is 1.00. The van der Waals surface area contributed by atoms with E-state index in [0.29, 0.717) is 0 Å². The molecular weight excluding hydrogens is 590 g/mol. The van der Waals surface area contributed by atoms with Gasteiger partial charge >= 0.3 is 0 Å². The van der Waals surface area contributed by atoms with Crippen molar-refractivity contribution in [3.05, 3.63) is 0 Å². The van der Waals surface area contributed by atoms with E-state index in [4.69, 9.17) is 0 Å². The summed E-state index contributed by atoms with van der Waals surface area (Å²) in [7, 11) is 2.13. The summed E-state index contributed by atoms with van der Waals surface area (Å²) in [5, 5.41) is 0. The highest BCUT2D eigenvalue weighted by atomic mass is 32.0. The zero-order valence-electron chi connectivity index (χ0n) is 32.8. The highest BCUT2D eigenvalue weighted by molar-refractivity contribution is 8.11. The molecular formula is C44H93P2+. The summed E-state index contributed by atoms with van der Waals surface area (Å²) in [6, 6.07) is 0. The molecule has 0 heterocycles. The lowest BCUT2D eigenvalue weighted by Gasteiger charge is -2.04. The first-order chi connectivity index (χ1) is 22.9. The van der Waals surface area contributed by atoms with Gasteiger partial charge in [0.2, 0.25) is 0 Å². The van der Waals surface area contributed by atoms with Gasteiger partial charge in [-0.05, 0) is 25.4 Å². The molecule has 2 heteroatoms. The van der Waals surface area contributed by atoms with Gasteiger partial charge in [-0.2, -0.15) is 0 Å². The predicted molar refractivity (Wildman–Crippen MR) is 224 cm³/mol. The Balaban J connectivity index is 3.03. The molecule has 46 heavy (non-hydrogen) atoms. The van der Waals surface area contributed by atoms with Crippen LogP contribution in [0.2, 0.25) is 0 Å². The number of hydrogen-bond acceptors (Lipinski definition) is 0. The van der Waals surface area contributed by atoms with E-state index < -0.39 is 0 Å². The summed E-state index contributed by atoms with van der Waals surface area (Å²) in [5.74, 6) is 0. The first kappa shape index (κ1) is 46.9. The molecule has 278 valence electrons. The van der Waals surface area contributed by atoms with Crippen LogP contribution in [0.1, 0.15) is 271 Å². The average molecular weight is 684 g/mol. The number of hydrogen-bond donors (Lipinski definition) is 0. The van der Waals surface area contributed by atoms with Gasteiger partial charge in [0.1, 0.15) is 0 Å². The van der Waals surface area contributed by atoms with Gasteiger partial charge in [0.05, 0.1) is 6.16 Å². The van der Waals surface area contributed by atoms with Crippen LogP contribution in [0.25, 0.3) is 0 Å². The van der Waals surface area contributed by atoms with E-state index in [9.17, 15) is 0 Å². The SMILES string of the molecule is CCCCCCCCCCCCCCCCCCCCCCP[PH2+]CCCCCCCCCCCCCCCCCCCCCC. The second kappa shape index (κ2) is 45.9. The van der Waals surface area contributed by atoms with E-state index in [-0.39, 0.29) is 0 Å². The minimum atomic E-state index is 0.790. The molecule has 0 aromatic heterocycles. The van der Waals surface area contributed by atoms with Crippen LogP contribution in [0, 0.1) is 0 Å². The standard InChI is InChI=1S/C44H92P2/c1-3-5-7-9-11-13-15-17-19-21-23-25-27-29-31-33-35-37-39-41-43-45-46-44-42-40-38-36-34-32-30-28-26-24-22-20-18-16-14-12-10-8-6-4-2/h45-46H,3-44H2,1-2H3/p+1. The average Bonchev–Trinajstić information content (AvgIpc) is 3.07. The van der Waals surface area contributed by atoms with Gasteiger partial charge in [-0.25, -0.2) is 0 Å². The van der Waals surface area contributed by atoms with Crippen LogP contribution in [0.5, 0.6) is 0 Å². The molecule has 0 bridgehead atoms. The van der Waals surface area contributed by atoms with Crippen molar-refractivity contribution < 1.29 is 0 Å². The normalized spacial score (nSPS) is 12.1. The molecule has 0 spiro atoms. The van der Waals surface area contributed by atoms with Crippen molar-refractivity contribution in [3.63, 3.8) is 0 Å². The van der Waals surface area contributed by atoms with Crippen LogP contribution < -0.4 is 0 Å². The second-order valence-electron chi connectivity index (χ2n) is 15.4. The van der Waals surface area contributed by atoms with Crippen molar-refractivity contribution in [3.8, 4) is 0 Å². The third kappa shape index (κ3) is 44.9. The summed E-state index contributed by atoms with van der Waals surface area (Å²) in [6.45, 7) is 4.62. The van der Waals surface area contributed by atoms with Crippen LogP contribution in [0.4, 0.5) is 0 Å². The summed E-state index contributed by atoms with van der Waals surface area (Å²) in [5.41, 5.74) is 0. The highest BCUT2D eigenvalue weighted by Crippen LogP contribution is 2.38. The van der Waals surface area contributed by atoms with E-state index in [0.717, 1.165) is 8.27 Å². The van der Waals surface area contributed by atoms with Crippen LogP contribution in [-0.2, 0) is 0 Å². The Kier molecular flexibility index (Phi) is 46.7. The first-order valence-corrected chi connectivity index (χ1v) is 26.3. The number of rotatable bonds is 43. The molecule has 0 aromatic carbocycles. The second-order valence-corrected chi connectivity index (χ2v) is 19.7. The molecule has 2 unspecified atom stereocenters. The van der Waals surface area contributed by atoms with Gasteiger partial charge in [0.15, 0.2) is 0 Å². The number of unbranched alkanes of at least 4 members (excludes halogenated alkanes) is 38. The molecule has 0 aliphatic heterocycles. The molecule has 0 aromatic rings. The third-order valence-electron chi connectivity index (χ3n) is 10.5. The summed E-state index contributed by atoms with van der Waals surface area (Å²) in [4.78, 5) is 0. The summed E-state index contributed by atoms with van der Waals surface area (Å²) < 4.78 is 0. The molecule has 0 aliphatic carbocycles. The van der Waals surface area contributed by atoms with Crippen molar-refractivity contribution in [2.45, 2.75) is 271 Å². The van der Waals surface area contributed by atoms with E-state index >= 15 is 0 Å². The topological polar surface area (TPSA) is 0 Å². The quantitative estimate of drug-likeness (QED) is 0.0443. The molecule has 0 amide bonds. The predicted octanol–water partition coefficient (Wildman–Crippen LogP) is 17.6. The minimum Gasteiger partial charge on any atom is -0.0654 e. The largest absolute Gasteiger partial charge is 0.0654 e. The molecule has 0 saturated carbocycles. The molecule has 0 saturated heterocycles. The third-order valence-corrected chi connectivity index (χ3v) is 14.7. The van der Waals surface area contributed by atoms with E-state index in [1.807, 2.05) is 0 Å². The van der Waals surface area contributed by atoms with Crippen molar-refractivity contribution >= 4 is 16.5 Å². The molecule has 0 aliphatic rings. The van der Waals surface area contributed by atoms with Gasteiger partial charge in [0, 0.05) is 16.5 Å². The van der Waals surface area contributed by atoms with E-state index in [2.05, 4.69) is 13.8 Å². The highest BCUT2D eigenvalue weighted by Gasteiger charge is 2.00. The Morgan fingerprint density at radius 1 is 0.239 bits per heavy atom. The maximum atomic E-state index is 2.31. The minimum absolute atomic E-state index is 0.790. The van der Waals surface area contributed by atoms with Crippen molar-refractivity contribution in [1.29, 1.82) is 0 Å². The van der Waals surface area contributed by atoms with Gasteiger partial charge in [0.25, 0.3) is 0 Å². The van der Waals surface area contributed by atoms with Gasteiger partial charge < -0.3 is 0 Å². The summed E-state index contributed by atoms with van der Waals surface area (Å²) in [6.07, 6.45) is 62.8.